The van der Waals surface area contributed by atoms with Gasteiger partial charge in [-0.25, -0.2) is 13.4 Å². The maximum absolute atomic E-state index is 13.2. The zero-order valence-electron chi connectivity index (χ0n) is 19.1. The van der Waals surface area contributed by atoms with Crippen molar-refractivity contribution < 1.29 is 22.7 Å². The van der Waals surface area contributed by atoms with Crippen LogP contribution >= 0.6 is 11.6 Å². The van der Waals surface area contributed by atoms with Gasteiger partial charge >= 0.3 is 0 Å². The van der Waals surface area contributed by atoms with E-state index >= 15 is 0 Å². The molecule has 1 aromatic heterocycles. The Bertz CT molecular complexity index is 1440. The molecular weight excluding hydrogens is 492 g/mol. The first-order valence-corrected chi connectivity index (χ1v) is 12.8. The van der Waals surface area contributed by atoms with Gasteiger partial charge in [0.15, 0.2) is 11.6 Å². The summed E-state index contributed by atoms with van der Waals surface area (Å²) in [5, 5.41) is 2.97. The molecular formula is C24H23ClN4O5S. The SMILES string of the molecule is Cc1c(Cl)cccc1S(=O)(=O)Nc1nc2c(cc1OCc1ccc3c(c1)OCCN3C)CC(=O)N2. The number of rotatable bonds is 6. The number of sulfonamides is 1. The standard InChI is InChI=1S/C24H23ClN4O5S/c1-14-17(25)4-3-5-21(14)35(31,32)28-24-20(11-16-12-22(30)26-23(16)27-24)34-13-15-6-7-18-19(10-15)33-9-8-29(18)2/h3-7,10-11H,8-9,12-13H2,1-2H3,(H2,26,27,28,30). The number of aromatic nitrogens is 1. The first kappa shape index (κ1) is 23.3. The Morgan fingerprint density at radius 1 is 1.26 bits per heavy atom. The van der Waals surface area contributed by atoms with Crippen molar-refractivity contribution in [2.45, 2.75) is 24.8 Å². The second kappa shape index (κ2) is 8.94. The molecule has 0 saturated carbocycles. The highest BCUT2D eigenvalue weighted by Crippen LogP contribution is 2.35. The van der Waals surface area contributed by atoms with E-state index in [2.05, 4.69) is 19.9 Å². The second-order valence-electron chi connectivity index (χ2n) is 8.40. The van der Waals surface area contributed by atoms with Crippen LogP contribution in [0.25, 0.3) is 0 Å². The summed E-state index contributed by atoms with van der Waals surface area (Å²) in [4.78, 5) is 18.4. The van der Waals surface area contributed by atoms with Crippen LogP contribution in [0.4, 0.5) is 17.3 Å². The van der Waals surface area contributed by atoms with Crippen LogP contribution in [0.15, 0.2) is 47.4 Å². The van der Waals surface area contributed by atoms with Gasteiger partial charge in [-0.2, -0.15) is 0 Å². The van der Waals surface area contributed by atoms with Crippen molar-refractivity contribution >= 4 is 44.9 Å². The number of pyridine rings is 1. The van der Waals surface area contributed by atoms with Crippen molar-refractivity contribution in [1.29, 1.82) is 0 Å². The minimum atomic E-state index is -4.04. The van der Waals surface area contributed by atoms with Crippen molar-refractivity contribution in [2.75, 3.05) is 35.1 Å². The summed E-state index contributed by atoms with van der Waals surface area (Å²) < 4.78 is 40.6. The number of hydrogen-bond acceptors (Lipinski definition) is 7. The van der Waals surface area contributed by atoms with Gasteiger partial charge in [0.25, 0.3) is 10.0 Å². The molecule has 2 N–H and O–H groups in total. The van der Waals surface area contributed by atoms with Crippen molar-refractivity contribution in [3.63, 3.8) is 0 Å². The van der Waals surface area contributed by atoms with Gasteiger partial charge in [0.1, 0.15) is 24.8 Å². The number of fused-ring (bicyclic) bond motifs is 2. The van der Waals surface area contributed by atoms with E-state index in [1.54, 1.807) is 25.1 Å². The quantitative estimate of drug-likeness (QED) is 0.515. The van der Waals surface area contributed by atoms with Crippen LogP contribution in [-0.4, -0.2) is 39.5 Å². The fourth-order valence-corrected chi connectivity index (χ4v) is 5.54. The lowest BCUT2D eigenvalue weighted by Crippen LogP contribution is -2.28. The van der Waals surface area contributed by atoms with Crippen molar-refractivity contribution in [2.24, 2.45) is 0 Å². The highest BCUT2D eigenvalue weighted by molar-refractivity contribution is 7.92. The molecule has 2 aliphatic rings. The fraction of sp³-hybridized carbons (Fsp3) is 0.250. The summed E-state index contributed by atoms with van der Waals surface area (Å²) in [6.07, 6.45) is 0.137. The molecule has 0 aliphatic carbocycles. The van der Waals surface area contributed by atoms with E-state index < -0.39 is 10.0 Å². The molecule has 0 spiro atoms. The number of nitrogens with zero attached hydrogens (tertiary/aromatic N) is 2. The molecule has 5 rings (SSSR count). The van der Waals surface area contributed by atoms with E-state index in [9.17, 15) is 13.2 Å². The molecule has 0 saturated heterocycles. The monoisotopic (exact) mass is 514 g/mol. The van der Waals surface area contributed by atoms with Crippen LogP contribution in [0.1, 0.15) is 16.7 Å². The molecule has 3 heterocycles. The summed E-state index contributed by atoms with van der Waals surface area (Å²) in [7, 11) is -2.03. The van der Waals surface area contributed by atoms with E-state index in [1.165, 1.54) is 6.07 Å². The maximum atomic E-state index is 13.2. The van der Waals surface area contributed by atoms with E-state index in [0.717, 1.165) is 23.5 Å². The number of likely N-dealkylation sites (N-methyl/N-ethyl adjacent to an activating group) is 1. The maximum Gasteiger partial charge on any atom is 0.263 e. The summed E-state index contributed by atoms with van der Waals surface area (Å²) in [5.74, 6) is 1.02. The van der Waals surface area contributed by atoms with E-state index in [-0.39, 0.29) is 35.4 Å². The highest BCUT2D eigenvalue weighted by atomic mass is 35.5. The first-order valence-electron chi connectivity index (χ1n) is 10.9. The van der Waals surface area contributed by atoms with E-state index in [4.69, 9.17) is 21.1 Å². The average Bonchev–Trinajstić information content (AvgIpc) is 3.17. The lowest BCUT2D eigenvalue weighted by atomic mass is 10.1. The minimum Gasteiger partial charge on any atom is -0.490 e. The number of anilines is 3. The van der Waals surface area contributed by atoms with Crippen LogP contribution in [0.3, 0.4) is 0 Å². The number of amides is 1. The van der Waals surface area contributed by atoms with Crippen molar-refractivity contribution in [1.82, 2.24) is 4.98 Å². The molecule has 9 nitrogen and oxygen atoms in total. The number of halogens is 1. The predicted molar refractivity (Wildman–Crippen MR) is 133 cm³/mol. The molecule has 3 aromatic rings. The number of carbonyl (C=O) groups excluding carboxylic acids is 1. The van der Waals surface area contributed by atoms with E-state index in [0.29, 0.717) is 28.6 Å². The minimum absolute atomic E-state index is 0.0261. The van der Waals surface area contributed by atoms with Gasteiger partial charge in [0.05, 0.1) is 23.5 Å². The fourth-order valence-electron chi connectivity index (χ4n) is 4.02. The number of carbonyl (C=O) groups is 1. The molecule has 0 bridgehead atoms. The highest BCUT2D eigenvalue weighted by Gasteiger charge is 2.26. The molecule has 2 aromatic carbocycles. The van der Waals surface area contributed by atoms with Crippen LogP contribution in [-0.2, 0) is 27.8 Å². The van der Waals surface area contributed by atoms with Gasteiger partial charge in [0.2, 0.25) is 5.91 Å². The zero-order valence-corrected chi connectivity index (χ0v) is 20.7. The Morgan fingerprint density at radius 3 is 2.91 bits per heavy atom. The lowest BCUT2D eigenvalue weighted by molar-refractivity contribution is -0.115. The number of benzene rings is 2. The zero-order chi connectivity index (χ0) is 24.7. The first-order chi connectivity index (χ1) is 16.7. The molecule has 2 aliphatic heterocycles. The molecule has 0 unspecified atom stereocenters. The van der Waals surface area contributed by atoms with Crippen molar-refractivity contribution in [3.05, 3.63) is 64.2 Å². The van der Waals surface area contributed by atoms with Gasteiger partial charge in [-0.1, -0.05) is 23.7 Å². The van der Waals surface area contributed by atoms with Gasteiger partial charge in [-0.3, -0.25) is 9.52 Å². The molecule has 182 valence electrons. The number of hydrogen-bond donors (Lipinski definition) is 2. The predicted octanol–water partition coefficient (Wildman–Crippen LogP) is 3.75. The van der Waals surface area contributed by atoms with Gasteiger partial charge in [0, 0.05) is 17.6 Å². The average molecular weight is 515 g/mol. The molecule has 0 radical (unpaired) electrons. The summed E-state index contributed by atoms with van der Waals surface area (Å²) in [6.45, 7) is 3.18. The van der Waals surface area contributed by atoms with Crippen LogP contribution < -0.4 is 24.4 Å². The lowest BCUT2D eigenvalue weighted by Gasteiger charge is -2.28. The van der Waals surface area contributed by atoms with Gasteiger partial charge in [-0.05, 0) is 48.4 Å². The Balaban J connectivity index is 1.45. The topological polar surface area (TPSA) is 110 Å². The molecule has 35 heavy (non-hydrogen) atoms. The summed E-state index contributed by atoms with van der Waals surface area (Å²) >= 11 is 6.13. The van der Waals surface area contributed by atoms with Gasteiger partial charge in [-0.15, -0.1) is 0 Å². The third-order valence-electron chi connectivity index (χ3n) is 5.93. The smallest absolute Gasteiger partial charge is 0.263 e. The number of ether oxygens (including phenoxy) is 2. The molecule has 0 atom stereocenters. The van der Waals surface area contributed by atoms with Crippen LogP contribution in [0, 0.1) is 6.92 Å². The molecule has 0 fully saturated rings. The third kappa shape index (κ3) is 4.59. The molecule has 11 heteroatoms. The van der Waals surface area contributed by atoms with E-state index in [1.807, 2.05) is 25.2 Å². The summed E-state index contributed by atoms with van der Waals surface area (Å²) in [5.41, 5.74) is 2.88. The Kier molecular flexibility index (Phi) is 5.94. The van der Waals surface area contributed by atoms with Crippen LogP contribution in [0.5, 0.6) is 11.5 Å². The van der Waals surface area contributed by atoms with Crippen molar-refractivity contribution in [3.8, 4) is 11.5 Å². The number of nitrogens with one attached hydrogen (secondary N) is 2. The third-order valence-corrected chi connectivity index (χ3v) is 7.82. The second-order valence-corrected chi connectivity index (χ2v) is 10.5. The Morgan fingerprint density at radius 2 is 2.09 bits per heavy atom. The van der Waals surface area contributed by atoms with Gasteiger partial charge < -0.3 is 19.7 Å². The normalized spacial score (nSPS) is 14.6. The Labute approximate surface area is 208 Å². The molecule has 1 amide bonds. The summed E-state index contributed by atoms with van der Waals surface area (Å²) in [6, 6.07) is 12.1. The Hall–Kier alpha value is -3.50. The largest absolute Gasteiger partial charge is 0.490 e. The van der Waals surface area contributed by atoms with Crippen LogP contribution in [0.2, 0.25) is 5.02 Å².